The minimum Gasteiger partial charge on any atom is -0.297 e. The number of allylic oxidation sites excluding steroid dienone is 4. The van der Waals surface area contributed by atoms with E-state index in [-0.39, 0.29) is 29.3 Å². The number of rotatable bonds is 0. The largest absolute Gasteiger partial charge is 0.297 e. The molecule has 0 spiro atoms. The van der Waals surface area contributed by atoms with Crippen LogP contribution in [-0.2, 0) is 9.59 Å². The van der Waals surface area contributed by atoms with Gasteiger partial charge in [0, 0.05) is 17.8 Å². The van der Waals surface area contributed by atoms with E-state index in [0.717, 1.165) is 0 Å². The van der Waals surface area contributed by atoms with Gasteiger partial charge in [0.15, 0.2) is 11.6 Å². The predicted molar refractivity (Wildman–Crippen MR) is 58.3 cm³/mol. The van der Waals surface area contributed by atoms with Gasteiger partial charge in [-0.1, -0.05) is 34.2 Å². The summed E-state index contributed by atoms with van der Waals surface area (Å²) in [5.74, 6) is -0.164. The molecule has 4 atom stereocenters. The van der Waals surface area contributed by atoms with Crippen LogP contribution in [0.2, 0.25) is 0 Å². The standard InChI is InChI=1S/C10H6Br2O2/c11-6-3-5-7(8(6)13)4-1-2-10(5,12)9(4)14/h1-5,7H/t4-,5-,7-,10+/m1/s1. The Morgan fingerprint density at radius 1 is 1.36 bits per heavy atom. The fourth-order valence-electron chi connectivity index (χ4n) is 2.66. The molecule has 2 nitrogen and oxygen atoms in total. The number of halogens is 2. The molecular formula is C10H6Br2O2. The molecule has 0 saturated heterocycles. The molecule has 4 heteroatoms. The maximum atomic E-state index is 11.8. The summed E-state index contributed by atoms with van der Waals surface area (Å²) in [5.41, 5.74) is 0. The van der Waals surface area contributed by atoms with Crippen molar-refractivity contribution in [2.75, 3.05) is 0 Å². The van der Waals surface area contributed by atoms with Crippen LogP contribution in [-0.4, -0.2) is 15.9 Å². The molecule has 0 aromatic carbocycles. The average Bonchev–Trinajstić information content (AvgIpc) is 2.65. The second kappa shape index (κ2) is 2.47. The van der Waals surface area contributed by atoms with Gasteiger partial charge < -0.3 is 0 Å². The smallest absolute Gasteiger partial charge is 0.174 e. The van der Waals surface area contributed by atoms with E-state index in [2.05, 4.69) is 31.9 Å². The number of Topliss-reactive ketones (excluding diaryl/α,β-unsaturated/α-hetero) is 2. The zero-order valence-electron chi connectivity index (χ0n) is 7.04. The van der Waals surface area contributed by atoms with E-state index in [1.54, 1.807) is 0 Å². The van der Waals surface area contributed by atoms with Crippen molar-refractivity contribution in [1.82, 2.24) is 0 Å². The number of carbonyl (C=O) groups excluding carboxylic acids is 2. The van der Waals surface area contributed by atoms with Gasteiger partial charge in [-0.05, 0) is 15.9 Å². The van der Waals surface area contributed by atoms with Crippen molar-refractivity contribution in [3.05, 3.63) is 22.7 Å². The lowest BCUT2D eigenvalue weighted by Gasteiger charge is -2.22. The predicted octanol–water partition coefficient (Wildman–Crippen LogP) is 1.98. The molecule has 3 rings (SSSR count). The van der Waals surface area contributed by atoms with Crippen molar-refractivity contribution in [2.24, 2.45) is 17.8 Å². The summed E-state index contributed by atoms with van der Waals surface area (Å²) >= 11 is 6.70. The molecule has 1 saturated carbocycles. The minimum atomic E-state index is -0.604. The van der Waals surface area contributed by atoms with Gasteiger partial charge in [-0.3, -0.25) is 9.59 Å². The zero-order chi connectivity index (χ0) is 10.1. The van der Waals surface area contributed by atoms with Crippen molar-refractivity contribution in [2.45, 2.75) is 4.32 Å². The summed E-state index contributed by atoms with van der Waals surface area (Å²) in [5, 5.41) is 0. The highest BCUT2D eigenvalue weighted by molar-refractivity contribution is 9.12. The monoisotopic (exact) mass is 316 g/mol. The molecule has 0 unspecified atom stereocenters. The van der Waals surface area contributed by atoms with E-state index in [0.29, 0.717) is 4.48 Å². The number of alkyl halides is 1. The number of hydrogen-bond acceptors (Lipinski definition) is 2. The second-order valence-corrected chi connectivity index (χ2v) is 6.11. The number of carbonyl (C=O) groups is 2. The first-order valence-corrected chi connectivity index (χ1v) is 5.98. The third-order valence-electron chi connectivity index (χ3n) is 3.35. The molecule has 0 heterocycles. The van der Waals surface area contributed by atoms with E-state index in [9.17, 15) is 9.59 Å². The number of hydrogen-bond donors (Lipinski definition) is 0. The molecule has 3 aliphatic rings. The van der Waals surface area contributed by atoms with E-state index < -0.39 is 4.32 Å². The van der Waals surface area contributed by atoms with E-state index in [1.807, 2.05) is 18.2 Å². The fraction of sp³-hybridized carbons (Fsp3) is 0.400. The maximum absolute atomic E-state index is 11.8. The Bertz CT molecular complexity index is 424. The third-order valence-corrected chi connectivity index (χ3v) is 5.19. The minimum absolute atomic E-state index is 0.00637. The summed E-state index contributed by atoms with van der Waals surface area (Å²) in [7, 11) is 0. The van der Waals surface area contributed by atoms with Crippen molar-refractivity contribution in [3.63, 3.8) is 0 Å². The lowest BCUT2D eigenvalue weighted by molar-refractivity contribution is -0.124. The molecule has 1 fully saturated rings. The van der Waals surface area contributed by atoms with Crippen LogP contribution in [0.1, 0.15) is 0 Å². The zero-order valence-corrected chi connectivity index (χ0v) is 10.2. The molecule has 14 heavy (non-hydrogen) atoms. The molecule has 72 valence electrons. The molecular weight excluding hydrogens is 312 g/mol. The highest BCUT2D eigenvalue weighted by Gasteiger charge is 2.63. The van der Waals surface area contributed by atoms with Gasteiger partial charge in [0.2, 0.25) is 0 Å². The summed E-state index contributed by atoms with van der Waals surface area (Å²) in [6.07, 6.45) is 5.61. The molecule has 0 aromatic heterocycles. The molecule has 0 N–H and O–H groups in total. The highest BCUT2D eigenvalue weighted by Crippen LogP contribution is 2.57. The first kappa shape index (κ1) is 9.04. The SMILES string of the molecule is O=C1C(Br)=C[C@@H]2[C@H]1[C@H]1C=C[C@@]2(Br)C1=O. The van der Waals surface area contributed by atoms with E-state index in [1.165, 1.54) is 0 Å². The summed E-state index contributed by atoms with van der Waals surface area (Å²) in [6, 6.07) is 0. The number of fused-ring (bicyclic) bond motifs is 5. The molecule has 3 aliphatic carbocycles. The Hall–Kier alpha value is -0.220. The average molecular weight is 318 g/mol. The van der Waals surface area contributed by atoms with Crippen LogP contribution in [0.4, 0.5) is 0 Å². The molecule has 0 aliphatic heterocycles. The maximum Gasteiger partial charge on any atom is 0.174 e. The first-order valence-electron chi connectivity index (χ1n) is 4.40. The third kappa shape index (κ3) is 0.784. The van der Waals surface area contributed by atoms with E-state index in [4.69, 9.17) is 0 Å². The van der Waals surface area contributed by atoms with Gasteiger partial charge in [-0.2, -0.15) is 0 Å². The Labute approximate surface area is 97.7 Å². The van der Waals surface area contributed by atoms with Crippen LogP contribution in [0, 0.1) is 17.8 Å². The van der Waals surface area contributed by atoms with E-state index >= 15 is 0 Å². The van der Waals surface area contributed by atoms with Gasteiger partial charge in [0.1, 0.15) is 4.32 Å². The van der Waals surface area contributed by atoms with Crippen LogP contribution in [0.15, 0.2) is 22.7 Å². The highest BCUT2D eigenvalue weighted by atomic mass is 79.9. The summed E-state index contributed by atoms with van der Waals surface area (Å²) in [6.45, 7) is 0. The lowest BCUT2D eigenvalue weighted by atomic mass is 9.85. The van der Waals surface area contributed by atoms with Crippen molar-refractivity contribution >= 4 is 43.4 Å². The summed E-state index contributed by atoms with van der Waals surface area (Å²) in [4.78, 5) is 23.6. The molecule has 0 amide bonds. The van der Waals surface area contributed by atoms with Crippen LogP contribution >= 0.6 is 31.9 Å². The van der Waals surface area contributed by atoms with Gasteiger partial charge in [0.25, 0.3) is 0 Å². The van der Waals surface area contributed by atoms with Crippen LogP contribution in [0.25, 0.3) is 0 Å². The Balaban J connectivity index is 2.18. The Kier molecular flexibility index (Phi) is 1.60. The van der Waals surface area contributed by atoms with Gasteiger partial charge in [-0.25, -0.2) is 0 Å². The van der Waals surface area contributed by atoms with Crippen molar-refractivity contribution in [1.29, 1.82) is 0 Å². The molecule has 0 aromatic rings. The quantitative estimate of drug-likeness (QED) is 0.506. The van der Waals surface area contributed by atoms with Gasteiger partial charge in [-0.15, -0.1) is 0 Å². The summed E-state index contributed by atoms with van der Waals surface area (Å²) < 4.78 is 0.0191. The van der Waals surface area contributed by atoms with Gasteiger partial charge in [0.05, 0.1) is 4.48 Å². The fourth-order valence-corrected chi connectivity index (χ4v) is 4.04. The first-order chi connectivity index (χ1) is 6.55. The van der Waals surface area contributed by atoms with Gasteiger partial charge >= 0.3 is 0 Å². The van der Waals surface area contributed by atoms with Crippen LogP contribution < -0.4 is 0 Å². The molecule has 2 bridgehead atoms. The van der Waals surface area contributed by atoms with Crippen molar-refractivity contribution < 1.29 is 9.59 Å². The Morgan fingerprint density at radius 2 is 2.07 bits per heavy atom. The number of ketones is 2. The topological polar surface area (TPSA) is 34.1 Å². The molecule has 0 radical (unpaired) electrons. The normalized spacial score (nSPS) is 48.7. The van der Waals surface area contributed by atoms with Crippen LogP contribution in [0.5, 0.6) is 0 Å². The lowest BCUT2D eigenvalue weighted by Crippen LogP contribution is -2.29. The van der Waals surface area contributed by atoms with Crippen molar-refractivity contribution in [3.8, 4) is 0 Å². The Morgan fingerprint density at radius 3 is 2.71 bits per heavy atom. The van der Waals surface area contributed by atoms with Crippen LogP contribution in [0.3, 0.4) is 0 Å². The second-order valence-electron chi connectivity index (χ2n) is 3.95.